The van der Waals surface area contributed by atoms with Gasteiger partial charge in [0.1, 0.15) is 34.5 Å². The number of rotatable bonds is 12. The van der Waals surface area contributed by atoms with Crippen LogP contribution in [0.5, 0.6) is 34.5 Å². The fourth-order valence-electron chi connectivity index (χ4n) is 3.51. The first-order valence-electron chi connectivity index (χ1n) is 16.4. The van der Waals surface area contributed by atoms with Gasteiger partial charge in [-0.15, -0.1) is 0 Å². The largest absolute Gasteiger partial charge is 6.00 e. The van der Waals surface area contributed by atoms with Crippen LogP contribution in [0.25, 0.3) is 0 Å². The van der Waals surface area contributed by atoms with Crippen LogP contribution < -0.4 is 56.5 Å². The fraction of sp³-hybridized carbons (Fsp3) is 0. The van der Waals surface area contributed by atoms with Crippen molar-refractivity contribution in [1.82, 2.24) is 0 Å². The van der Waals surface area contributed by atoms with E-state index in [4.69, 9.17) is 0 Å². The zero-order valence-corrected chi connectivity index (χ0v) is 39.1. The first-order chi connectivity index (χ1) is 28.7. The van der Waals surface area contributed by atoms with Crippen molar-refractivity contribution in [2.75, 3.05) is 0 Å². The van der Waals surface area contributed by atoms with E-state index in [1.54, 1.807) is 182 Å². The molecular formula is C36H36MoO18P6. The maximum atomic E-state index is 10.0. The predicted octanol–water partition coefficient (Wildman–Crippen LogP) is 4.89. The zero-order valence-electron chi connectivity index (χ0n) is 31.1. The maximum absolute atomic E-state index is 10.0. The quantitative estimate of drug-likeness (QED) is 0.116. The van der Waals surface area contributed by atoms with Gasteiger partial charge in [-0.05, 0) is 72.8 Å². The van der Waals surface area contributed by atoms with E-state index in [-0.39, 0.29) is 21.1 Å². The molecule has 6 aromatic carbocycles. The second kappa shape index (κ2) is 36.6. The van der Waals surface area contributed by atoms with Crippen molar-refractivity contribution in [1.29, 1.82) is 0 Å². The van der Waals surface area contributed by atoms with Gasteiger partial charge in [0.15, 0.2) is 49.5 Å². The molecule has 0 saturated heterocycles. The van der Waals surface area contributed by atoms with E-state index < -0.39 is 49.5 Å². The van der Waals surface area contributed by atoms with E-state index in [1.807, 2.05) is 0 Å². The molecule has 18 nitrogen and oxygen atoms in total. The first kappa shape index (κ1) is 56.9. The van der Waals surface area contributed by atoms with Crippen LogP contribution >= 0.6 is 49.5 Å². The Balaban J connectivity index is 0.000000706. The SMILES string of the molecule is O=[PH]([O-])Oc1ccccc1.O=[PH]([O-])Oc1ccccc1.O=[PH]([O-])Oc1ccccc1.O=[PH]([O-])Oc1ccccc1.O=[PH]([O-])Oc1ccccc1.O=[PH]([O-])Oc1ccccc1.[Mo+6]. The number of hydrogen-bond donors (Lipinski definition) is 0. The summed E-state index contributed by atoms with van der Waals surface area (Å²) in [4.78, 5) is 60.1. The van der Waals surface area contributed by atoms with Gasteiger partial charge in [0.05, 0.1) is 0 Å². The molecule has 6 rings (SSSR count). The molecule has 0 aliphatic heterocycles. The van der Waals surface area contributed by atoms with E-state index in [0.717, 1.165) is 0 Å². The summed E-state index contributed by atoms with van der Waals surface area (Å²) in [6, 6.07) is 50.2. The molecule has 0 amide bonds. The summed E-state index contributed by atoms with van der Waals surface area (Å²) in [6.07, 6.45) is 0. The molecular weight excluding hydrogens is 1000 g/mol. The number of para-hydroxylation sites is 6. The average molecular weight is 1040 g/mol. The van der Waals surface area contributed by atoms with Crippen LogP contribution in [0.4, 0.5) is 0 Å². The van der Waals surface area contributed by atoms with Gasteiger partial charge in [0.25, 0.3) is 0 Å². The minimum Gasteiger partial charge on any atom is -0.771 e. The van der Waals surface area contributed by atoms with E-state index in [1.165, 1.54) is 0 Å². The third kappa shape index (κ3) is 35.3. The number of hydrogen-bond acceptors (Lipinski definition) is 18. The zero-order chi connectivity index (χ0) is 44.4. The second-order valence-electron chi connectivity index (χ2n) is 9.99. The Morgan fingerprint density at radius 2 is 0.328 bits per heavy atom. The monoisotopic (exact) mass is 1040 g/mol. The Kier molecular flexibility index (Phi) is 34.2. The van der Waals surface area contributed by atoms with Gasteiger partial charge in [-0.25, -0.2) is 0 Å². The maximum Gasteiger partial charge on any atom is 6.00 e. The van der Waals surface area contributed by atoms with Gasteiger partial charge in [-0.1, -0.05) is 109 Å². The minimum atomic E-state index is -3.09. The molecule has 61 heavy (non-hydrogen) atoms. The van der Waals surface area contributed by atoms with Gasteiger partial charge >= 0.3 is 21.1 Å². The molecule has 0 fully saturated rings. The molecule has 0 N–H and O–H groups in total. The summed E-state index contributed by atoms with van der Waals surface area (Å²) < 4.78 is 86.6. The molecule has 0 aromatic heterocycles. The molecule has 0 aliphatic carbocycles. The van der Waals surface area contributed by atoms with E-state index in [9.17, 15) is 56.8 Å². The van der Waals surface area contributed by atoms with Crippen molar-refractivity contribution >= 4 is 49.5 Å². The molecule has 0 heterocycles. The van der Waals surface area contributed by atoms with Crippen LogP contribution in [-0.2, 0) is 48.5 Å². The van der Waals surface area contributed by atoms with Gasteiger partial charge in [-0.3, -0.25) is 27.4 Å². The van der Waals surface area contributed by atoms with Gasteiger partial charge < -0.3 is 56.5 Å². The Bertz CT molecular complexity index is 1740. The summed E-state index contributed by atoms with van der Waals surface area (Å²) in [6.45, 7) is 0. The predicted molar refractivity (Wildman–Crippen MR) is 216 cm³/mol. The topological polar surface area (TPSA) is 296 Å². The molecule has 0 radical (unpaired) electrons. The summed E-state index contributed by atoms with van der Waals surface area (Å²) in [5, 5.41) is 0. The fourth-order valence-corrected chi connectivity index (χ4v) is 5.48. The Labute approximate surface area is 369 Å². The molecule has 25 heteroatoms. The molecule has 6 aromatic rings. The van der Waals surface area contributed by atoms with Gasteiger partial charge in [0, 0.05) is 0 Å². The van der Waals surface area contributed by atoms with Crippen molar-refractivity contribution in [2.24, 2.45) is 0 Å². The second-order valence-corrected chi connectivity index (χ2v) is 14.2. The van der Waals surface area contributed by atoms with Crippen LogP contribution in [-0.4, -0.2) is 0 Å². The molecule has 6 unspecified atom stereocenters. The third-order valence-corrected chi connectivity index (χ3v) is 8.08. The smallest absolute Gasteiger partial charge is 0.771 e. The molecule has 0 aliphatic rings. The molecule has 0 saturated carbocycles. The Hall–Kier alpha value is -4.05. The van der Waals surface area contributed by atoms with Crippen LogP contribution in [0.2, 0.25) is 0 Å². The van der Waals surface area contributed by atoms with Gasteiger partial charge in [0.2, 0.25) is 0 Å². The minimum absolute atomic E-state index is 0. The van der Waals surface area contributed by atoms with Crippen molar-refractivity contribution < 1.29 is 105 Å². The van der Waals surface area contributed by atoms with Crippen molar-refractivity contribution in [3.8, 4) is 34.5 Å². The normalized spacial score (nSPS) is 12.3. The Morgan fingerprint density at radius 3 is 0.410 bits per heavy atom. The summed E-state index contributed by atoms with van der Waals surface area (Å²) >= 11 is 0. The third-order valence-electron chi connectivity index (χ3n) is 5.67. The first-order valence-corrected chi connectivity index (χ1v) is 23.7. The van der Waals surface area contributed by atoms with E-state index in [0.29, 0.717) is 34.5 Å². The number of benzene rings is 6. The van der Waals surface area contributed by atoms with Crippen LogP contribution in [0, 0.1) is 0 Å². The van der Waals surface area contributed by atoms with Gasteiger partial charge in [-0.2, -0.15) is 0 Å². The van der Waals surface area contributed by atoms with Crippen LogP contribution in [0.1, 0.15) is 0 Å². The summed E-state index contributed by atoms with van der Waals surface area (Å²) in [5.74, 6) is 2.17. The molecule has 324 valence electrons. The molecule has 0 bridgehead atoms. The van der Waals surface area contributed by atoms with Crippen molar-refractivity contribution in [3.05, 3.63) is 182 Å². The average Bonchev–Trinajstić information content (AvgIpc) is 3.20. The van der Waals surface area contributed by atoms with Crippen LogP contribution in [0.15, 0.2) is 182 Å². The molecule has 6 atom stereocenters. The standard InChI is InChI=1S/6C6H7O3P.Mo/c6*7-10(8)9-6-4-2-1-3-5-6;/h6*1-5,10H,(H,7,8);/q;;;;;;+6/p-6. The van der Waals surface area contributed by atoms with Crippen molar-refractivity contribution in [2.45, 2.75) is 0 Å². The van der Waals surface area contributed by atoms with Crippen LogP contribution in [0.3, 0.4) is 0 Å². The molecule has 0 spiro atoms. The Morgan fingerprint density at radius 1 is 0.230 bits per heavy atom. The summed E-state index contributed by atoms with van der Waals surface area (Å²) in [5.41, 5.74) is 0. The van der Waals surface area contributed by atoms with Crippen molar-refractivity contribution in [3.63, 3.8) is 0 Å². The van der Waals surface area contributed by atoms with E-state index in [2.05, 4.69) is 27.1 Å². The summed E-state index contributed by atoms with van der Waals surface area (Å²) in [7, 11) is -18.5. The van der Waals surface area contributed by atoms with E-state index >= 15 is 0 Å².